The number of hydrogen-bond donors (Lipinski definition) is 1. The summed E-state index contributed by atoms with van der Waals surface area (Å²) in [6.07, 6.45) is -1.52. The van der Waals surface area contributed by atoms with Crippen molar-refractivity contribution in [1.82, 2.24) is 4.72 Å². The first-order valence-corrected chi connectivity index (χ1v) is 8.46. The second kappa shape index (κ2) is 6.14. The van der Waals surface area contributed by atoms with E-state index < -0.39 is 32.7 Å². The van der Waals surface area contributed by atoms with E-state index >= 15 is 0 Å². The molecule has 1 aliphatic carbocycles. The van der Waals surface area contributed by atoms with Gasteiger partial charge in [-0.1, -0.05) is 18.9 Å². The Bertz CT molecular complexity index is 604. The van der Waals surface area contributed by atoms with Crippen LogP contribution in [0.1, 0.15) is 31.2 Å². The van der Waals surface area contributed by atoms with Gasteiger partial charge in [-0.05, 0) is 31.0 Å². The van der Waals surface area contributed by atoms with Gasteiger partial charge in [0.1, 0.15) is 0 Å². The molecule has 0 spiro atoms. The fourth-order valence-corrected chi connectivity index (χ4v) is 4.10. The van der Waals surface area contributed by atoms with Gasteiger partial charge in [0.25, 0.3) is 0 Å². The SMILES string of the molecule is O=S(=O)(NC1CCCCC1Cl)c1cccc(C(F)(F)F)c1. The molecule has 0 bridgehead atoms. The molecule has 0 radical (unpaired) electrons. The van der Waals surface area contributed by atoms with Crippen molar-refractivity contribution >= 4 is 21.6 Å². The maximum absolute atomic E-state index is 12.6. The van der Waals surface area contributed by atoms with Crippen molar-refractivity contribution in [3.63, 3.8) is 0 Å². The van der Waals surface area contributed by atoms with Gasteiger partial charge in [-0.2, -0.15) is 13.2 Å². The van der Waals surface area contributed by atoms with Crippen LogP contribution in [-0.4, -0.2) is 19.8 Å². The number of halogens is 4. The Kier molecular flexibility index (Phi) is 4.85. The van der Waals surface area contributed by atoms with Crippen LogP contribution in [0, 0.1) is 0 Å². The third-order valence-electron chi connectivity index (χ3n) is 3.46. The highest BCUT2D eigenvalue weighted by Gasteiger charge is 2.33. The van der Waals surface area contributed by atoms with Gasteiger partial charge in [0.2, 0.25) is 10.0 Å². The maximum atomic E-state index is 12.6. The van der Waals surface area contributed by atoms with E-state index in [0.29, 0.717) is 18.9 Å². The first-order chi connectivity index (χ1) is 9.70. The summed E-state index contributed by atoms with van der Waals surface area (Å²) in [5.74, 6) is 0. The molecule has 0 aromatic heterocycles. The Hall–Kier alpha value is -0.790. The molecule has 1 N–H and O–H groups in total. The molecule has 3 nitrogen and oxygen atoms in total. The summed E-state index contributed by atoms with van der Waals surface area (Å²) in [6.45, 7) is 0. The van der Waals surface area contributed by atoms with Gasteiger partial charge < -0.3 is 0 Å². The standard InChI is InChI=1S/C13H15ClF3NO2S/c14-11-6-1-2-7-12(11)18-21(19,20)10-5-3-4-9(8-10)13(15,16)17/h3-5,8,11-12,18H,1-2,6-7H2. The monoisotopic (exact) mass is 341 g/mol. The van der Waals surface area contributed by atoms with Crippen LogP contribution in [0.3, 0.4) is 0 Å². The molecule has 0 heterocycles. The molecule has 1 aliphatic rings. The maximum Gasteiger partial charge on any atom is 0.416 e. The normalized spacial score (nSPS) is 24.0. The molecule has 8 heteroatoms. The lowest BCUT2D eigenvalue weighted by Gasteiger charge is -2.27. The average Bonchev–Trinajstić information content (AvgIpc) is 2.40. The zero-order valence-corrected chi connectivity index (χ0v) is 12.6. The fraction of sp³-hybridized carbons (Fsp3) is 0.538. The second-order valence-electron chi connectivity index (χ2n) is 5.05. The number of alkyl halides is 4. The van der Waals surface area contributed by atoms with Gasteiger partial charge in [0, 0.05) is 11.4 Å². The van der Waals surface area contributed by atoms with Crippen molar-refractivity contribution in [3.8, 4) is 0 Å². The first kappa shape index (κ1) is 16.6. The fourth-order valence-electron chi connectivity index (χ4n) is 2.33. The summed E-state index contributed by atoms with van der Waals surface area (Å²) >= 11 is 6.07. The number of benzene rings is 1. The highest BCUT2D eigenvalue weighted by molar-refractivity contribution is 7.89. The Morgan fingerprint density at radius 1 is 1.19 bits per heavy atom. The molecular weight excluding hydrogens is 327 g/mol. The second-order valence-corrected chi connectivity index (χ2v) is 7.33. The van der Waals surface area contributed by atoms with Crippen molar-refractivity contribution in [1.29, 1.82) is 0 Å². The van der Waals surface area contributed by atoms with Crippen LogP contribution in [0.25, 0.3) is 0 Å². The summed E-state index contributed by atoms with van der Waals surface area (Å²) in [6, 6.07) is 3.25. The van der Waals surface area contributed by atoms with Crippen molar-refractivity contribution in [2.75, 3.05) is 0 Å². The van der Waals surface area contributed by atoms with E-state index in [1.165, 1.54) is 0 Å². The molecule has 1 aromatic carbocycles. The zero-order valence-electron chi connectivity index (χ0n) is 11.0. The van der Waals surface area contributed by atoms with Gasteiger partial charge in [0.05, 0.1) is 10.5 Å². The number of nitrogens with one attached hydrogen (secondary N) is 1. The van der Waals surface area contributed by atoms with Crippen LogP contribution in [0.15, 0.2) is 29.2 Å². The van der Waals surface area contributed by atoms with Crippen molar-refractivity contribution in [2.45, 2.75) is 48.2 Å². The third-order valence-corrected chi connectivity index (χ3v) is 5.47. The van der Waals surface area contributed by atoms with E-state index in [9.17, 15) is 21.6 Å². The van der Waals surface area contributed by atoms with E-state index in [0.717, 1.165) is 31.0 Å². The van der Waals surface area contributed by atoms with Crippen LogP contribution in [0.4, 0.5) is 13.2 Å². The summed E-state index contributed by atoms with van der Waals surface area (Å²) in [5, 5.41) is -0.334. The van der Waals surface area contributed by atoms with E-state index in [-0.39, 0.29) is 5.38 Å². The van der Waals surface area contributed by atoms with Crippen molar-refractivity contribution < 1.29 is 21.6 Å². The largest absolute Gasteiger partial charge is 0.416 e. The quantitative estimate of drug-likeness (QED) is 0.855. The average molecular weight is 342 g/mol. The third kappa shape index (κ3) is 4.11. The summed E-state index contributed by atoms with van der Waals surface area (Å²) in [4.78, 5) is -0.397. The molecule has 1 fully saturated rings. The minimum atomic E-state index is -4.58. The van der Waals surface area contributed by atoms with E-state index in [1.807, 2.05) is 0 Å². The van der Waals surface area contributed by atoms with Crippen LogP contribution >= 0.6 is 11.6 Å². The molecule has 21 heavy (non-hydrogen) atoms. The van der Waals surface area contributed by atoms with E-state index in [4.69, 9.17) is 11.6 Å². The lowest BCUT2D eigenvalue weighted by molar-refractivity contribution is -0.137. The molecule has 2 rings (SSSR count). The van der Waals surface area contributed by atoms with Gasteiger partial charge in [-0.25, -0.2) is 13.1 Å². The smallest absolute Gasteiger partial charge is 0.207 e. The molecule has 118 valence electrons. The minimum Gasteiger partial charge on any atom is -0.207 e. The minimum absolute atomic E-state index is 0.334. The van der Waals surface area contributed by atoms with Crippen LogP contribution in [0.2, 0.25) is 0 Å². The number of rotatable bonds is 3. The van der Waals surface area contributed by atoms with Crippen molar-refractivity contribution in [2.24, 2.45) is 0 Å². The van der Waals surface area contributed by atoms with Gasteiger partial charge in [-0.15, -0.1) is 11.6 Å². The Morgan fingerprint density at radius 3 is 2.48 bits per heavy atom. The number of sulfonamides is 1. The Balaban J connectivity index is 2.23. The van der Waals surface area contributed by atoms with E-state index in [1.54, 1.807) is 0 Å². The first-order valence-electron chi connectivity index (χ1n) is 6.54. The Labute approximate surface area is 126 Å². The molecule has 2 atom stereocenters. The molecule has 1 saturated carbocycles. The predicted octanol–water partition coefficient (Wildman–Crippen LogP) is 3.53. The zero-order chi connectivity index (χ0) is 15.7. The highest BCUT2D eigenvalue weighted by atomic mass is 35.5. The summed E-state index contributed by atoms with van der Waals surface area (Å²) < 4.78 is 64.7. The number of hydrogen-bond acceptors (Lipinski definition) is 2. The van der Waals surface area contributed by atoms with Gasteiger partial charge in [0.15, 0.2) is 0 Å². The van der Waals surface area contributed by atoms with E-state index in [2.05, 4.69) is 4.72 Å². The Morgan fingerprint density at radius 2 is 1.86 bits per heavy atom. The summed E-state index contributed by atoms with van der Waals surface area (Å²) in [5.41, 5.74) is -0.989. The molecule has 0 saturated heterocycles. The molecule has 0 aliphatic heterocycles. The van der Waals surface area contributed by atoms with Crippen LogP contribution < -0.4 is 4.72 Å². The predicted molar refractivity (Wildman–Crippen MR) is 73.7 cm³/mol. The van der Waals surface area contributed by atoms with Crippen LogP contribution in [-0.2, 0) is 16.2 Å². The topological polar surface area (TPSA) is 46.2 Å². The molecule has 0 amide bonds. The molecule has 2 unspecified atom stereocenters. The highest BCUT2D eigenvalue weighted by Crippen LogP contribution is 2.31. The van der Waals surface area contributed by atoms with Crippen LogP contribution in [0.5, 0.6) is 0 Å². The lowest BCUT2D eigenvalue weighted by atomic mass is 9.96. The molecular formula is C13H15ClF3NO2S. The summed E-state index contributed by atoms with van der Waals surface area (Å²) in [7, 11) is -4.01. The lowest BCUT2D eigenvalue weighted by Crippen LogP contribution is -2.42. The van der Waals surface area contributed by atoms with Gasteiger partial charge in [-0.3, -0.25) is 0 Å². The van der Waals surface area contributed by atoms with Crippen molar-refractivity contribution in [3.05, 3.63) is 29.8 Å². The van der Waals surface area contributed by atoms with Gasteiger partial charge >= 0.3 is 6.18 Å². The molecule has 1 aromatic rings.